The molecule has 1 atom stereocenters. The first kappa shape index (κ1) is 21.7. The molecule has 0 bridgehead atoms. The molecule has 1 aromatic heterocycles. The standard InChI is InChI=1S/C19H26BClN4O4/c1-12(17(26)27-6)25-23-16(22-24-25)10-8-13-7-9-14(11-15(13)21)20-28-18(2,3)19(4,5)29-20/h7,9,11-12H,8,10H2,1-6H3/t12-/m1/s1. The molecule has 2 aromatic rings. The first-order valence-electron chi connectivity index (χ1n) is 9.54. The summed E-state index contributed by atoms with van der Waals surface area (Å²) in [5.41, 5.74) is 1.04. The fourth-order valence-corrected chi connectivity index (χ4v) is 3.21. The number of aromatic nitrogens is 4. The van der Waals surface area contributed by atoms with Gasteiger partial charge in [-0.1, -0.05) is 23.7 Å². The molecule has 0 saturated carbocycles. The van der Waals surface area contributed by atoms with E-state index in [9.17, 15) is 4.79 Å². The average Bonchev–Trinajstić information content (AvgIpc) is 3.21. The maximum Gasteiger partial charge on any atom is 0.494 e. The summed E-state index contributed by atoms with van der Waals surface area (Å²) in [5.74, 6) is 0.113. The number of carbonyl (C=O) groups is 1. The number of hydrogen-bond donors (Lipinski definition) is 0. The molecular weight excluding hydrogens is 394 g/mol. The van der Waals surface area contributed by atoms with Crippen LogP contribution in [0.5, 0.6) is 0 Å². The van der Waals surface area contributed by atoms with Crippen LogP contribution in [-0.2, 0) is 31.7 Å². The molecule has 2 heterocycles. The molecule has 0 unspecified atom stereocenters. The van der Waals surface area contributed by atoms with Crippen LogP contribution in [0.25, 0.3) is 0 Å². The minimum absolute atomic E-state index is 0.401. The molecule has 1 aromatic carbocycles. The largest absolute Gasteiger partial charge is 0.494 e. The van der Waals surface area contributed by atoms with Gasteiger partial charge in [-0.05, 0) is 63.3 Å². The van der Waals surface area contributed by atoms with Gasteiger partial charge in [0, 0.05) is 11.4 Å². The lowest BCUT2D eigenvalue weighted by Crippen LogP contribution is -2.41. The lowest BCUT2D eigenvalue weighted by Gasteiger charge is -2.32. The van der Waals surface area contributed by atoms with Crippen molar-refractivity contribution in [2.24, 2.45) is 0 Å². The van der Waals surface area contributed by atoms with Crippen molar-refractivity contribution in [2.45, 2.75) is 64.7 Å². The Labute approximate surface area is 176 Å². The Hall–Kier alpha value is -1.97. The molecule has 1 aliphatic heterocycles. The van der Waals surface area contributed by atoms with Crippen LogP contribution in [0, 0.1) is 0 Å². The van der Waals surface area contributed by atoms with Crippen molar-refractivity contribution in [1.29, 1.82) is 0 Å². The molecular formula is C19H26BClN4O4. The Balaban J connectivity index is 1.65. The Morgan fingerprint density at radius 3 is 2.48 bits per heavy atom. The Morgan fingerprint density at radius 1 is 1.24 bits per heavy atom. The van der Waals surface area contributed by atoms with Crippen molar-refractivity contribution in [3.63, 3.8) is 0 Å². The van der Waals surface area contributed by atoms with Crippen LogP contribution in [-0.4, -0.2) is 51.6 Å². The van der Waals surface area contributed by atoms with E-state index < -0.39 is 30.3 Å². The Kier molecular flexibility index (Phi) is 6.03. The van der Waals surface area contributed by atoms with Gasteiger partial charge in [-0.25, -0.2) is 4.79 Å². The third-order valence-corrected chi connectivity index (χ3v) is 5.93. The Bertz CT molecular complexity index is 886. The second-order valence-corrected chi connectivity index (χ2v) is 8.57. The van der Waals surface area contributed by atoms with Crippen molar-refractivity contribution < 1.29 is 18.8 Å². The summed E-state index contributed by atoms with van der Waals surface area (Å²) in [6.45, 7) is 9.73. The smallest absolute Gasteiger partial charge is 0.467 e. The zero-order chi connectivity index (χ0) is 21.4. The fraction of sp³-hybridized carbons (Fsp3) is 0.579. The summed E-state index contributed by atoms with van der Waals surface area (Å²) in [5, 5.41) is 12.8. The Morgan fingerprint density at radius 2 is 1.90 bits per heavy atom. The summed E-state index contributed by atoms with van der Waals surface area (Å²) in [7, 11) is 0.874. The van der Waals surface area contributed by atoms with Crippen LogP contribution < -0.4 is 5.46 Å². The van der Waals surface area contributed by atoms with Crippen LogP contribution in [0.2, 0.25) is 5.02 Å². The normalized spacial score (nSPS) is 18.7. The van der Waals surface area contributed by atoms with E-state index in [1.165, 1.54) is 11.9 Å². The number of carbonyl (C=O) groups excluding carboxylic acids is 1. The summed E-state index contributed by atoms with van der Waals surface area (Å²) >= 11 is 6.50. The zero-order valence-corrected chi connectivity index (χ0v) is 18.4. The number of halogens is 1. The molecule has 0 aliphatic carbocycles. The van der Waals surface area contributed by atoms with Crippen molar-refractivity contribution >= 4 is 30.2 Å². The van der Waals surface area contributed by atoms with E-state index in [1.807, 2.05) is 45.9 Å². The number of esters is 1. The predicted octanol–water partition coefficient (Wildman–Crippen LogP) is 2.14. The fourth-order valence-electron chi connectivity index (χ4n) is 2.92. The third kappa shape index (κ3) is 4.47. The van der Waals surface area contributed by atoms with Crippen LogP contribution in [0.1, 0.15) is 52.0 Å². The molecule has 10 heteroatoms. The minimum atomic E-state index is -0.621. The van der Waals surface area contributed by atoms with Crippen molar-refractivity contribution in [1.82, 2.24) is 20.2 Å². The van der Waals surface area contributed by atoms with Crippen molar-refractivity contribution in [3.8, 4) is 0 Å². The maximum atomic E-state index is 11.6. The molecule has 1 saturated heterocycles. The van der Waals surface area contributed by atoms with Gasteiger partial charge in [-0.2, -0.15) is 0 Å². The van der Waals surface area contributed by atoms with Gasteiger partial charge < -0.3 is 14.0 Å². The van der Waals surface area contributed by atoms with E-state index in [-0.39, 0.29) is 0 Å². The van der Waals surface area contributed by atoms with Gasteiger partial charge in [0.25, 0.3) is 0 Å². The molecule has 29 heavy (non-hydrogen) atoms. The van der Waals surface area contributed by atoms with E-state index in [4.69, 9.17) is 25.6 Å². The number of benzene rings is 1. The predicted molar refractivity (Wildman–Crippen MR) is 109 cm³/mol. The SMILES string of the molecule is COC(=O)[C@@H](C)n1nnc(CCc2ccc(B3OC(C)(C)C(C)(C)O3)cc2Cl)n1. The lowest BCUT2D eigenvalue weighted by atomic mass is 9.78. The minimum Gasteiger partial charge on any atom is -0.467 e. The molecule has 1 aliphatic rings. The first-order valence-corrected chi connectivity index (χ1v) is 9.92. The van der Waals surface area contributed by atoms with Gasteiger partial charge in [0.05, 0.1) is 18.3 Å². The van der Waals surface area contributed by atoms with E-state index in [0.717, 1.165) is 11.0 Å². The average molecular weight is 421 g/mol. The number of nitrogens with zero attached hydrogens (tertiary/aromatic N) is 4. The molecule has 1 fully saturated rings. The zero-order valence-electron chi connectivity index (χ0n) is 17.6. The summed E-state index contributed by atoms with van der Waals surface area (Å²) in [6.07, 6.45) is 1.18. The maximum absolute atomic E-state index is 11.6. The molecule has 3 rings (SSSR count). The molecule has 0 amide bonds. The second kappa shape index (κ2) is 8.05. The highest BCUT2D eigenvalue weighted by Crippen LogP contribution is 2.36. The second-order valence-electron chi connectivity index (χ2n) is 8.16. The highest BCUT2D eigenvalue weighted by molar-refractivity contribution is 6.62. The highest BCUT2D eigenvalue weighted by atomic mass is 35.5. The first-order chi connectivity index (χ1) is 13.5. The van der Waals surface area contributed by atoms with Gasteiger partial charge in [0.2, 0.25) is 0 Å². The number of rotatable bonds is 6. The molecule has 0 N–H and O–H groups in total. The van der Waals surface area contributed by atoms with Crippen molar-refractivity contribution in [2.75, 3.05) is 7.11 Å². The van der Waals surface area contributed by atoms with Gasteiger partial charge in [0.1, 0.15) is 0 Å². The number of aryl methyl sites for hydroxylation is 2. The summed E-state index contributed by atoms with van der Waals surface area (Å²) in [6, 6.07) is 5.18. The van der Waals surface area contributed by atoms with Crippen molar-refractivity contribution in [3.05, 3.63) is 34.6 Å². The third-order valence-electron chi connectivity index (χ3n) is 5.58. The number of methoxy groups -OCH3 is 1. The molecule has 0 radical (unpaired) electrons. The summed E-state index contributed by atoms with van der Waals surface area (Å²) < 4.78 is 16.9. The van der Waals surface area contributed by atoms with E-state index in [1.54, 1.807) is 6.92 Å². The van der Waals surface area contributed by atoms with E-state index in [2.05, 4.69) is 15.4 Å². The highest BCUT2D eigenvalue weighted by Gasteiger charge is 2.51. The summed E-state index contributed by atoms with van der Waals surface area (Å²) in [4.78, 5) is 12.8. The molecule has 0 spiro atoms. The molecule has 8 nitrogen and oxygen atoms in total. The van der Waals surface area contributed by atoms with E-state index >= 15 is 0 Å². The molecule has 156 valence electrons. The van der Waals surface area contributed by atoms with E-state index in [0.29, 0.717) is 23.7 Å². The van der Waals surface area contributed by atoms with Crippen LogP contribution >= 0.6 is 11.6 Å². The van der Waals surface area contributed by atoms with Gasteiger partial charge >= 0.3 is 13.1 Å². The van der Waals surface area contributed by atoms with Gasteiger partial charge in [0.15, 0.2) is 11.9 Å². The topological polar surface area (TPSA) is 88.4 Å². The van der Waals surface area contributed by atoms with Gasteiger partial charge in [-0.15, -0.1) is 15.0 Å². The van der Waals surface area contributed by atoms with Crippen LogP contribution in [0.4, 0.5) is 0 Å². The van der Waals surface area contributed by atoms with Gasteiger partial charge in [-0.3, -0.25) is 0 Å². The number of tetrazole rings is 1. The monoisotopic (exact) mass is 420 g/mol. The van der Waals surface area contributed by atoms with Crippen LogP contribution in [0.15, 0.2) is 18.2 Å². The van der Waals surface area contributed by atoms with Crippen LogP contribution in [0.3, 0.4) is 0 Å². The quantitative estimate of drug-likeness (QED) is 0.522. The number of hydrogen-bond acceptors (Lipinski definition) is 7. The lowest BCUT2D eigenvalue weighted by molar-refractivity contribution is -0.144. The number of ether oxygens (including phenoxy) is 1.